The minimum atomic E-state index is 0.0740. The minimum absolute atomic E-state index is 0.0740. The molecule has 0 amide bonds. The normalized spacial score (nSPS) is 11.8. The van der Waals surface area contributed by atoms with Crippen molar-refractivity contribution in [2.24, 2.45) is 0 Å². The zero-order valence-corrected chi connectivity index (χ0v) is 10.3. The fourth-order valence-electron chi connectivity index (χ4n) is 1.49. The Morgan fingerprint density at radius 2 is 2.18 bits per heavy atom. The fraction of sp³-hybridized carbons (Fsp3) is 0.462. The van der Waals surface area contributed by atoms with Gasteiger partial charge in [-0.3, -0.25) is 0 Å². The van der Waals surface area contributed by atoms with Gasteiger partial charge in [-0.1, -0.05) is 18.2 Å². The largest absolute Gasteiger partial charge is 0.478 e. The Labute approximate surface area is 102 Å². The lowest BCUT2D eigenvalue weighted by atomic mass is 10.2. The van der Waals surface area contributed by atoms with Crippen molar-refractivity contribution in [2.45, 2.75) is 19.5 Å². The first-order chi connectivity index (χ1) is 8.27. The molecule has 0 saturated heterocycles. The molecule has 0 fully saturated rings. The molecule has 4 nitrogen and oxygen atoms in total. The van der Waals surface area contributed by atoms with Gasteiger partial charge in [0.15, 0.2) is 6.61 Å². The first kappa shape index (κ1) is 13.5. The van der Waals surface area contributed by atoms with Gasteiger partial charge < -0.3 is 14.8 Å². The van der Waals surface area contributed by atoms with E-state index in [1.54, 1.807) is 7.11 Å². The standard InChI is InChI=1S/C13H18N2O2/c1-11(10-16-2)15-9-12-5-3-4-6-13(12)17-8-7-14/h3-6,11,15H,8-10H2,1-2H3. The summed E-state index contributed by atoms with van der Waals surface area (Å²) >= 11 is 0. The van der Waals surface area contributed by atoms with Crippen molar-refractivity contribution < 1.29 is 9.47 Å². The lowest BCUT2D eigenvalue weighted by molar-refractivity contribution is 0.171. The Balaban J connectivity index is 2.54. The maximum atomic E-state index is 8.50. The molecule has 1 aromatic rings. The van der Waals surface area contributed by atoms with E-state index in [9.17, 15) is 0 Å². The maximum Gasteiger partial charge on any atom is 0.174 e. The van der Waals surface area contributed by atoms with Crippen molar-refractivity contribution in [2.75, 3.05) is 20.3 Å². The average molecular weight is 234 g/mol. The summed E-state index contributed by atoms with van der Waals surface area (Å²) in [6, 6.07) is 9.96. The highest BCUT2D eigenvalue weighted by Crippen LogP contribution is 2.17. The fourth-order valence-corrected chi connectivity index (χ4v) is 1.49. The van der Waals surface area contributed by atoms with Crippen LogP contribution in [-0.4, -0.2) is 26.4 Å². The molecular weight excluding hydrogens is 216 g/mol. The van der Waals surface area contributed by atoms with Gasteiger partial charge in [0.1, 0.15) is 11.8 Å². The molecule has 1 aromatic carbocycles. The monoisotopic (exact) mass is 234 g/mol. The van der Waals surface area contributed by atoms with Crippen LogP contribution in [0.1, 0.15) is 12.5 Å². The van der Waals surface area contributed by atoms with Crippen molar-refractivity contribution >= 4 is 0 Å². The molecule has 0 bridgehead atoms. The number of nitrogens with one attached hydrogen (secondary N) is 1. The van der Waals surface area contributed by atoms with Crippen LogP contribution in [-0.2, 0) is 11.3 Å². The molecule has 0 heterocycles. The van der Waals surface area contributed by atoms with Gasteiger partial charge in [0.2, 0.25) is 0 Å². The van der Waals surface area contributed by atoms with E-state index >= 15 is 0 Å². The number of ether oxygens (including phenoxy) is 2. The predicted octanol–water partition coefficient (Wildman–Crippen LogP) is 1.71. The zero-order chi connectivity index (χ0) is 12.5. The molecular formula is C13H18N2O2. The number of methoxy groups -OCH3 is 1. The van der Waals surface area contributed by atoms with Crippen molar-refractivity contribution in [1.82, 2.24) is 5.32 Å². The molecule has 0 aromatic heterocycles. The van der Waals surface area contributed by atoms with Crippen molar-refractivity contribution in [1.29, 1.82) is 5.26 Å². The molecule has 17 heavy (non-hydrogen) atoms. The van der Waals surface area contributed by atoms with E-state index in [2.05, 4.69) is 12.2 Å². The van der Waals surface area contributed by atoms with E-state index in [-0.39, 0.29) is 12.6 Å². The summed E-state index contributed by atoms with van der Waals surface area (Å²) in [7, 11) is 1.68. The molecule has 1 unspecified atom stereocenters. The second kappa shape index (κ2) is 7.66. The maximum absolute atomic E-state index is 8.50. The van der Waals surface area contributed by atoms with Gasteiger partial charge in [0.25, 0.3) is 0 Å². The topological polar surface area (TPSA) is 54.3 Å². The number of rotatable bonds is 7. The van der Waals surface area contributed by atoms with Crippen LogP contribution >= 0.6 is 0 Å². The first-order valence-electron chi connectivity index (χ1n) is 5.58. The quantitative estimate of drug-likeness (QED) is 0.780. The minimum Gasteiger partial charge on any atom is -0.478 e. The zero-order valence-electron chi connectivity index (χ0n) is 10.3. The Kier molecular flexibility index (Phi) is 6.08. The van der Waals surface area contributed by atoms with Gasteiger partial charge in [-0.2, -0.15) is 5.26 Å². The molecule has 0 radical (unpaired) electrons. The molecule has 1 N–H and O–H groups in total. The summed E-state index contributed by atoms with van der Waals surface area (Å²) in [5.41, 5.74) is 1.05. The van der Waals surface area contributed by atoms with Crippen LogP contribution in [0.2, 0.25) is 0 Å². The molecule has 0 saturated carbocycles. The third-order valence-corrected chi connectivity index (χ3v) is 2.32. The average Bonchev–Trinajstić information content (AvgIpc) is 2.35. The van der Waals surface area contributed by atoms with Crippen LogP contribution in [0, 0.1) is 11.3 Å². The second-order valence-electron chi connectivity index (χ2n) is 3.79. The smallest absolute Gasteiger partial charge is 0.174 e. The lowest BCUT2D eigenvalue weighted by Gasteiger charge is -2.14. The molecule has 1 rings (SSSR count). The Morgan fingerprint density at radius 3 is 2.88 bits per heavy atom. The van der Waals surface area contributed by atoms with Crippen LogP contribution in [0.4, 0.5) is 0 Å². The lowest BCUT2D eigenvalue weighted by Crippen LogP contribution is -2.29. The van der Waals surface area contributed by atoms with Gasteiger partial charge in [0, 0.05) is 25.3 Å². The summed E-state index contributed by atoms with van der Waals surface area (Å²) < 4.78 is 10.4. The number of nitrogens with zero attached hydrogens (tertiary/aromatic N) is 1. The third kappa shape index (κ3) is 4.85. The highest BCUT2D eigenvalue weighted by atomic mass is 16.5. The number of benzene rings is 1. The van der Waals surface area contributed by atoms with E-state index in [0.717, 1.165) is 11.3 Å². The predicted molar refractivity (Wildman–Crippen MR) is 65.7 cm³/mol. The third-order valence-electron chi connectivity index (χ3n) is 2.32. The van der Waals surface area contributed by atoms with Crippen LogP contribution < -0.4 is 10.1 Å². The van der Waals surface area contributed by atoms with E-state index in [1.165, 1.54) is 0 Å². The summed E-state index contributed by atoms with van der Waals surface area (Å²) in [4.78, 5) is 0. The molecule has 0 spiro atoms. The van der Waals surface area contributed by atoms with Gasteiger partial charge in [-0.15, -0.1) is 0 Å². The van der Waals surface area contributed by atoms with Crippen LogP contribution in [0.25, 0.3) is 0 Å². The molecule has 4 heteroatoms. The number of hydrogen-bond donors (Lipinski definition) is 1. The molecule has 1 atom stereocenters. The van der Waals surface area contributed by atoms with Gasteiger partial charge in [-0.05, 0) is 13.0 Å². The van der Waals surface area contributed by atoms with Crippen LogP contribution in [0.3, 0.4) is 0 Å². The summed E-state index contributed by atoms with van der Waals surface area (Å²) in [6.07, 6.45) is 0. The van der Waals surface area contributed by atoms with Gasteiger partial charge in [-0.25, -0.2) is 0 Å². The molecule has 92 valence electrons. The summed E-state index contributed by atoms with van der Waals surface area (Å²) in [6.45, 7) is 3.50. The van der Waals surface area contributed by atoms with Crippen molar-refractivity contribution in [3.05, 3.63) is 29.8 Å². The molecule has 0 aliphatic rings. The Morgan fingerprint density at radius 1 is 1.41 bits per heavy atom. The van der Waals surface area contributed by atoms with Gasteiger partial charge >= 0.3 is 0 Å². The van der Waals surface area contributed by atoms with E-state index in [4.69, 9.17) is 14.7 Å². The summed E-state index contributed by atoms with van der Waals surface area (Å²) in [5, 5.41) is 11.8. The van der Waals surface area contributed by atoms with Crippen LogP contribution in [0.5, 0.6) is 5.75 Å². The van der Waals surface area contributed by atoms with E-state index in [0.29, 0.717) is 13.2 Å². The molecule has 0 aliphatic heterocycles. The Hall–Kier alpha value is -1.57. The van der Waals surface area contributed by atoms with Crippen LogP contribution in [0.15, 0.2) is 24.3 Å². The summed E-state index contributed by atoms with van der Waals surface area (Å²) in [5.74, 6) is 0.756. The van der Waals surface area contributed by atoms with Gasteiger partial charge in [0.05, 0.1) is 6.61 Å². The number of hydrogen-bond acceptors (Lipinski definition) is 4. The highest BCUT2D eigenvalue weighted by molar-refractivity contribution is 5.33. The van der Waals surface area contributed by atoms with Crippen molar-refractivity contribution in [3.8, 4) is 11.8 Å². The van der Waals surface area contributed by atoms with E-state index < -0.39 is 0 Å². The number of para-hydroxylation sites is 1. The highest BCUT2D eigenvalue weighted by Gasteiger charge is 2.05. The Bertz CT molecular complexity index is 374. The number of nitriles is 1. The van der Waals surface area contributed by atoms with E-state index in [1.807, 2.05) is 30.3 Å². The second-order valence-corrected chi connectivity index (χ2v) is 3.79. The molecule has 0 aliphatic carbocycles. The van der Waals surface area contributed by atoms with Crippen molar-refractivity contribution in [3.63, 3.8) is 0 Å². The first-order valence-corrected chi connectivity index (χ1v) is 5.58. The SMILES string of the molecule is COCC(C)NCc1ccccc1OCC#N.